The van der Waals surface area contributed by atoms with Crippen molar-refractivity contribution in [3.05, 3.63) is 33.8 Å². The van der Waals surface area contributed by atoms with Gasteiger partial charge in [0.2, 0.25) is 0 Å². The monoisotopic (exact) mass is 300 g/mol. The summed E-state index contributed by atoms with van der Waals surface area (Å²) < 4.78 is 0. The zero-order chi connectivity index (χ0) is 14.1. The van der Waals surface area contributed by atoms with E-state index in [-0.39, 0.29) is 5.78 Å². The Morgan fingerprint density at radius 3 is 2.37 bits per heavy atom. The number of Topliss-reactive ketones (excluding diaryl/α,β-unsaturated/α-hetero) is 1. The SMILES string of the molecule is CCCCCCCCC(=O)Cc1ccc(Cl)c(Cl)c1. The minimum Gasteiger partial charge on any atom is -0.299 e. The number of hydrogen-bond acceptors (Lipinski definition) is 1. The Morgan fingerprint density at radius 2 is 1.68 bits per heavy atom. The zero-order valence-electron chi connectivity index (χ0n) is 11.6. The first-order chi connectivity index (χ1) is 9.13. The third kappa shape index (κ3) is 6.98. The van der Waals surface area contributed by atoms with Crippen LogP contribution in [0.15, 0.2) is 18.2 Å². The van der Waals surface area contributed by atoms with E-state index >= 15 is 0 Å². The Hall–Kier alpha value is -0.530. The molecule has 0 unspecified atom stereocenters. The summed E-state index contributed by atoms with van der Waals surface area (Å²) >= 11 is 11.8. The lowest BCUT2D eigenvalue weighted by atomic mass is 10.0. The van der Waals surface area contributed by atoms with E-state index in [1.807, 2.05) is 6.07 Å². The van der Waals surface area contributed by atoms with Crippen molar-refractivity contribution in [2.45, 2.75) is 58.3 Å². The van der Waals surface area contributed by atoms with Crippen molar-refractivity contribution in [3.63, 3.8) is 0 Å². The second-order valence-electron chi connectivity index (χ2n) is 4.98. The average molecular weight is 301 g/mol. The van der Waals surface area contributed by atoms with E-state index < -0.39 is 0 Å². The smallest absolute Gasteiger partial charge is 0.137 e. The van der Waals surface area contributed by atoms with Crippen LogP contribution in [0.25, 0.3) is 0 Å². The lowest BCUT2D eigenvalue weighted by molar-refractivity contribution is -0.118. The van der Waals surface area contributed by atoms with Gasteiger partial charge in [0.25, 0.3) is 0 Å². The molecule has 0 fully saturated rings. The summed E-state index contributed by atoms with van der Waals surface area (Å²) in [5, 5.41) is 1.06. The summed E-state index contributed by atoms with van der Waals surface area (Å²) in [4.78, 5) is 11.8. The van der Waals surface area contributed by atoms with Gasteiger partial charge in [0.05, 0.1) is 10.0 Å². The molecule has 1 nitrogen and oxygen atoms in total. The Bertz CT molecular complexity index is 402. The summed E-state index contributed by atoms with van der Waals surface area (Å²) in [5.41, 5.74) is 0.949. The molecule has 3 heteroatoms. The Balaban J connectivity index is 2.21. The average Bonchev–Trinajstić information content (AvgIpc) is 2.38. The van der Waals surface area contributed by atoms with Crippen molar-refractivity contribution in [2.24, 2.45) is 0 Å². The molecule has 0 radical (unpaired) electrons. The van der Waals surface area contributed by atoms with Gasteiger partial charge in [-0.2, -0.15) is 0 Å². The normalized spacial score (nSPS) is 10.7. The quantitative estimate of drug-likeness (QED) is 0.522. The molecule has 0 heterocycles. The van der Waals surface area contributed by atoms with Gasteiger partial charge in [-0.05, 0) is 24.1 Å². The van der Waals surface area contributed by atoms with Gasteiger partial charge in [0, 0.05) is 12.8 Å². The van der Waals surface area contributed by atoms with E-state index in [9.17, 15) is 4.79 Å². The highest BCUT2D eigenvalue weighted by molar-refractivity contribution is 6.42. The topological polar surface area (TPSA) is 17.1 Å². The van der Waals surface area contributed by atoms with Gasteiger partial charge in [-0.25, -0.2) is 0 Å². The van der Waals surface area contributed by atoms with Crippen LogP contribution in [-0.2, 0) is 11.2 Å². The molecule has 0 saturated carbocycles. The van der Waals surface area contributed by atoms with E-state index in [1.54, 1.807) is 12.1 Å². The van der Waals surface area contributed by atoms with Gasteiger partial charge in [-0.3, -0.25) is 4.79 Å². The molecule has 1 rings (SSSR count). The standard InChI is InChI=1S/C16H22Cl2O/c1-2-3-4-5-6-7-8-14(19)11-13-9-10-15(17)16(18)12-13/h9-10,12H,2-8,11H2,1H3. The van der Waals surface area contributed by atoms with E-state index in [0.717, 1.165) is 18.4 Å². The molecule has 19 heavy (non-hydrogen) atoms. The summed E-state index contributed by atoms with van der Waals surface area (Å²) in [6, 6.07) is 5.40. The number of halogens is 2. The largest absolute Gasteiger partial charge is 0.299 e. The van der Waals surface area contributed by atoms with Crippen molar-refractivity contribution in [1.82, 2.24) is 0 Å². The summed E-state index contributed by atoms with van der Waals surface area (Å²) in [6.45, 7) is 2.21. The zero-order valence-corrected chi connectivity index (χ0v) is 13.1. The lowest BCUT2D eigenvalue weighted by Gasteiger charge is -2.03. The molecule has 0 bridgehead atoms. The molecule has 1 aromatic rings. The highest BCUT2D eigenvalue weighted by Gasteiger charge is 2.05. The first-order valence-electron chi connectivity index (χ1n) is 7.09. The second-order valence-corrected chi connectivity index (χ2v) is 5.80. The minimum absolute atomic E-state index is 0.286. The van der Waals surface area contributed by atoms with Crippen LogP contribution in [0.4, 0.5) is 0 Å². The van der Waals surface area contributed by atoms with Crippen LogP contribution in [0.3, 0.4) is 0 Å². The lowest BCUT2D eigenvalue weighted by Crippen LogP contribution is -2.02. The fourth-order valence-electron chi connectivity index (χ4n) is 2.07. The van der Waals surface area contributed by atoms with Gasteiger partial charge in [-0.1, -0.05) is 68.3 Å². The van der Waals surface area contributed by atoms with Gasteiger partial charge in [-0.15, -0.1) is 0 Å². The molecule has 0 N–H and O–H groups in total. The van der Waals surface area contributed by atoms with Gasteiger partial charge < -0.3 is 0 Å². The number of benzene rings is 1. The first-order valence-corrected chi connectivity index (χ1v) is 7.84. The van der Waals surface area contributed by atoms with E-state index in [2.05, 4.69) is 6.92 Å². The third-order valence-electron chi connectivity index (χ3n) is 3.19. The summed E-state index contributed by atoms with van der Waals surface area (Å²) in [5.74, 6) is 0.286. The molecular weight excluding hydrogens is 279 g/mol. The van der Waals surface area contributed by atoms with Crippen LogP contribution in [0.2, 0.25) is 10.0 Å². The van der Waals surface area contributed by atoms with Gasteiger partial charge in [0.15, 0.2) is 0 Å². The Morgan fingerprint density at radius 1 is 1.00 bits per heavy atom. The van der Waals surface area contributed by atoms with Crippen molar-refractivity contribution in [3.8, 4) is 0 Å². The number of rotatable bonds is 9. The number of carbonyl (C=O) groups excluding carboxylic acids is 1. The van der Waals surface area contributed by atoms with Gasteiger partial charge >= 0.3 is 0 Å². The highest BCUT2D eigenvalue weighted by Crippen LogP contribution is 2.23. The first kappa shape index (κ1) is 16.5. The molecule has 0 amide bonds. The molecule has 1 aromatic carbocycles. The number of hydrogen-bond donors (Lipinski definition) is 0. The molecular formula is C16H22Cl2O. The number of carbonyl (C=O) groups is 1. The molecule has 0 spiro atoms. The second kappa shape index (κ2) is 9.39. The third-order valence-corrected chi connectivity index (χ3v) is 3.93. The van der Waals surface area contributed by atoms with E-state index in [0.29, 0.717) is 22.9 Å². The maximum atomic E-state index is 11.8. The Labute approximate surface area is 126 Å². The van der Waals surface area contributed by atoms with E-state index in [4.69, 9.17) is 23.2 Å². The number of unbranched alkanes of at least 4 members (excludes halogenated alkanes) is 5. The van der Waals surface area contributed by atoms with Crippen LogP contribution in [0, 0.1) is 0 Å². The molecule has 0 aliphatic carbocycles. The maximum Gasteiger partial charge on any atom is 0.137 e. The summed E-state index contributed by atoms with van der Waals surface area (Å²) in [7, 11) is 0. The van der Waals surface area contributed by atoms with Crippen LogP contribution in [0.1, 0.15) is 57.4 Å². The molecule has 0 aromatic heterocycles. The molecule has 106 valence electrons. The predicted octanol–water partition coefficient (Wildman–Crippen LogP) is 5.86. The molecule has 0 aliphatic heterocycles. The van der Waals surface area contributed by atoms with Crippen molar-refractivity contribution in [1.29, 1.82) is 0 Å². The van der Waals surface area contributed by atoms with Crippen LogP contribution >= 0.6 is 23.2 Å². The fourth-order valence-corrected chi connectivity index (χ4v) is 2.39. The van der Waals surface area contributed by atoms with Crippen LogP contribution in [-0.4, -0.2) is 5.78 Å². The molecule has 0 aliphatic rings. The van der Waals surface area contributed by atoms with Crippen LogP contribution in [0.5, 0.6) is 0 Å². The molecule has 0 atom stereocenters. The minimum atomic E-state index is 0.286. The van der Waals surface area contributed by atoms with Crippen molar-refractivity contribution >= 4 is 29.0 Å². The highest BCUT2D eigenvalue weighted by atomic mass is 35.5. The van der Waals surface area contributed by atoms with Gasteiger partial charge in [0.1, 0.15) is 5.78 Å². The fraction of sp³-hybridized carbons (Fsp3) is 0.562. The maximum absolute atomic E-state index is 11.8. The summed E-state index contributed by atoms with van der Waals surface area (Å²) in [6.07, 6.45) is 8.40. The van der Waals surface area contributed by atoms with Crippen molar-refractivity contribution < 1.29 is 4.79 Å². The number of ketones is 1. The van der Waals surface area contributed by atoms with Crippen molar-refractivity contribution in [2.75, 3.05) is 0 Å². The van der Waals surface area contributed by atoms with E-state index in [1.165, 1.54) is 25.7 Å². The molecule has 0 saturated heterocycles. The predicted molar refractivity (Wildman–Crippen MR) is 83.2 cm³/mol. The van der Waals surface area contributed by atoms with Crippen LogP contribution < -0.4 is 0 Å². The Kier molecular flexibility index (Phi) is 8.16.